The molecule has 0 saturated heterocycles. The molecule has 0 saturated carbocycles. The Morgan fingerprint density at radius 3 is 2.67 bits per heavy atom. The van der Waals surface area contributed by atoms with Gasteiger partial charge >= 0.3 is 5.97 Å². The molecule has 21 heavy (non-hydrogen) atoms. The summed E-state index contributed by atoms with van der Waals surface area (Å²) in [5.74, 6) is -0.744. The predicted molar refractivity (Wildman–Crippen MR) is 84.2 cm³/mol. The van der Waals surface area contributed by atoms with Gasteiger partial charge in [-0.05, 0) is 41.9 Å². The molecule has 0 bridgehead atoms. The van der Waals surface area contributed by atoms with Crippen LogP contribution in [0.4, 0.5) is 0 Å². The minimum atomic E-state index is -1.04. The van der Waals surface area contributed by atoms with Crippen molar-refractivity contribution in [3.8, 4) is 5.75 Å². The highest BCUT2D eigenvalue weighted by Crippen LogP contribution is 2.30. The number of aliphatic carboxylic acids is 1. The zero-order valence-corrected chi connectivity index (χ0v) is 13.8. The van der Waals surface area contributed by atoms with Crippen molar-refractivity contribution in [3.63, 3.8) is 0 Å². The Balaban J connectivity index is 2.87. The van der Waals surface area contributed by atoms with Gasteiger partial charge in [0, 0.05) is 24.7 Å². The molecule has 114 valence electrons. The summed E-state index contributed by atoms with van der Waals surface area (Å²) < 4.78 is 6.21. The zero-order chi connectivity index (χ0) is 16.0. The van der Waals surface area contributed by atoms with Crippen molar-refractivity contribution in [3.05, 3.63) is 34.3 Å². The van der Waals surface area contributed by atoms with Crippen LogP contribution in [0.3, 0.4) is 0 Å². The van der Waals surface area contributed by atoms with E-state index in [4.69, 9.17) is 9.84 Å². The number of ether oxygens (including phenoxy) is 1. The van der Waals surface area contributed by atoms with E-state index < -0.39 is 5.97 Å². The van der Waals surface area contributed by atoms with Gasteiger partial charge in [0.25, 0.3) is 5.91 Å². The minimum absolute atomic E-state index is 0.0895. The summed E-state index contributed by atoms with van der Waals surface area (Å²) in [6.45, 7) is 3.72. The molecule has 6 heteroatoms. The number of likely N-dealkylation sites (N-methyl/N-ethyl adjacent to an activating group) is 1. The van der Waals surface area contributed by atoms with Gasteiger partial charge in [0.1, 0.15) is 5.75 Å². The summed E-state index contributed by atoms with van der Waals surface area (Å²) in [6, 6.07) is 5.34. The van der Waals surface area contributed by atoms with E-state index in [-0.39, 0.29) is 18.6 Å². The molecule has 0 radical (unpaired) electrons. The fraction of sp³-hybridized carbons (Fsp3) is 0.333. The Kier molecular flexibility index (Phi) is 6.42. The van der Waals surface area contributed by atoms with Gasteiger partial charge in [0.05, 0.1) is 4.47 Å². The summed E-state index contributed by atoms with van der Waals surface area (Å²) in [5, 5.41) is 8.69. The molecule has 0 atom stereocenters. The predicted octanol–water partition coefficient (Wildman–Crippen LogP) is 2.79. The number of carboxylic acids is 1. The molecular formula is C15H18BrNO4. The quantitative estimate of drug-likeness (QED) is 0.796. The number of amides is 1. The maximum Gasteiger partial charge on any atom is 0.328 e. The van der Waals surface area contributed by atoms with E-state index >= 15 is 0 Å². The van der Waals surface area contributed by atoms with Crippen LogP contribution in [0.5, 0.6) is 5.75 Å². The van der Waals surface area contributed by atoms with Crippen LogP contribution < -0.4 is 4.74 Å². The molecular weight excluding hydrogens is 338 g/mol. The molecule has 0 aliphatic heterocycles. The lowest BCUT2D eigenvalue weighted by Gasteiger charge is -2.22. The maximum absolute atomic E-state index is 11.9. The molecule has 1 rings (SSSR count). The smallest absolute Gasteiger partial charge is 0.328 e. The van der Waals surface area contributed by atoms with Crippen LogP contribution in [0.2, 0.25) is 0 Å². The second-order valence-electron chi connectivity index (χ2n) is 4.72. The Morgan fingerprint density at radius 1 is 1.43 bits per heavy atom. The Labute approximate surface area is 132 Å². The fourth-order valence-electron chi connectivity index (χ4n) is 1.49. The summed E-state index contributed by atoms with van der Waals surface area (Å²) in [5.41, 5.74) is 0.590. The largest absolute Gasteiger partial charge is 0.482 e. The van der Waals surface area contributed by atoms with E-state index in [9.17, 15) is 9.59 Å². The van der Waals surface area contributed by atoms with Crippen molar-refractivity contribution in [1.82, 2.24) is 4.90 Å². The Morgan fingerprint density at radius 2 is 2.10 bits per heavy atom. The van der Waals surface area contributed by atoms with E-state index in [2.05, 4.69) is 15.9 Å². The van der Waals surface area contributed by atoms with Crippen LogP contribution in [0, 0.1) is 0 Å². The monoisotopic (exact) mass is 355 g/mol. The summed E-state index contributed by atoms with van der Waals surface area (Å²) >= 11 is 3.34. The third-order valence-electron chi connectivity index (χ3n) is 2.91. The molecule has 1 amide bonds. The first-order chi connectivity index (χ1) is 9.82. The minimum Gasteiger partial charge on any atom is -0.482 e. The van der Waals surface area contributed by atoms with E-state index in [0.29, 0.717) is 15.8 Å². The standard InChI is InChI=1S/C15H18BrNO4/c1-10(2)17(3)13(18)9-21-15-11(7-8-14(19)20)5-4-6-12(15)16/h4-8,10H,9H2,1-3H3,(H,19,20). The average molecular weight is 356 g/mol. The SMILES string of the molecule is CC(C)N(C)C(=O)COc1c(Br)cccc1C=CC(=O)O. The van der Waals surface area contributed by atoms with Gasteiger partial charge in [-0.25, -0.2) is 4.79 Å². The fourth-order valence-corrected chi connectivity index (χ4v) is 1.99. The van der Waals surface area contributed by atoms with Crippen LogP contribution in [-0.2, 0) is 9.59 Å². The number of carboxylic acid groups (broad SMARTS) is 1. The molecule has 0 spiro atoms. The van der Waals surface area contributed by atoms with Gasteiger partial charge < -0.3 is 14.7 Å². The van der Waals surface area contributed by atoms with Crippen LogP contribution in [0.15, 0.2) is 28.7 Å². The highest BCUT2D eigenvalue weighted by atomic mass is 79.9. The topological polar surface area (TPSA) is 66.8 Å². The Hall–Kier alpha value is -1.82. The van der Waals surface area contributed by atoms with E-state index in [0.717, 1.165) is 6.08 Å². The van der Waals surface area contributed by atoms with Gasteiger partial charge in [-0.3, -0.25) is 4.79 Å². The molecule has 0 heterocycles. The van der Waals surface area contributed by atoms with E-state index in [1.165, 1.54) is 6.08 Å². The van der Waals surface area contributed by atoms with Gasteiger partial charge in [0.2, 0.25) is 0 Å². The van der Waals surface area contributed by atoms with Crippen molar-refractivity contribution in [2.24, 2.45) is 0 Å². The van der Waals surface area contributed by atoms with E-state index in [1.807, 2.05) is 13.8 Å². The number of rotatable bonds is 6. The van der Waals surface area contributed by atoms with Crippen molar-refractivity contribution in [2.45, 2.75) is 19.9 Å². The van der Waals surface area contributed by atoms with Crippen molar-refractivity contribution < 1.29 is 19.4 Å². The van der Waals surface area contributed by atoms with Crippen LogP contribution >= 0.6 is 15.9 Å². The number of halogens is 1. The third kappa shape index (κ3) is 5.23. The number of nitrogens with zero attached hydrogens (tertiary/aromatic N) is 1. The normalized spacial score (nSPS) is 10.9. The number of para-hydroxylation sites is 1. The molecule has 0 aromatic heterocycles. The first kappa shape index (κ1) is 17.2. The number of carbonyl (C=O) groups is 2. The lowest BCUT2D eigenvalue weighted by Crippen LogP contribution is -2.36. The van der Waals surface area contributed by atoms with Crippen LogP contribution in [0.25, 0.3) is 6.08 Å². The molecule has 0 aliphatic rings. The van der Waals surface area contributed by atoms with Crippen molar-refractivity contribution >= 4 is 33.9 Å². The number of hydrogen-bond acceptors (Lipinski definition) is 3. The highest BCUT2D eigenvalue weighted by molar-refractivity contribution is 9.10. The van der Waals surface area contributed by atoms with Gasteiger partial charge in [0.15, 0.2) is 6.61 Å². The molecule has 5 nitrogen and oxygen atoms in total. The zero-order valence-electron chi connectivity index (χ0n) is 12.2. The molecule has 0 aliphatic carbocycles. The summed E-state index contributed by atoms with van der Waals surface area (Å²) in [7, 11) is 1.71. The van der Waals surface area contributed by atoms with Crippen LogP contribution in [0.1, 0.15) is 19.4 Å². The maximum atomic E-state index is 11.9. The lowest BCUT2D eigenvalue weighted by atomic mass is 10.2. The number of carbonyl (C=O) groups excluding carboxylic acids is 1. The van der Waals surface area contributed by atoms with Crippen molar-refractivity contribution in [1.29, 1.82) is 0 Å². The molecule has 0 unspecified atom stereocenters. The second kappa shape index (κ2) is 7.83. The Bertz CT molecular complexity index is 555. The number of benzene rings is 1. The third-order valence-corrected chi connectivity index (χ3v) is 3.54. The molecule has 1 aromatic carbocycles. The first-order valence-corrected chi connectivity index (χ1v) is 7.20. The summed E-state index contributed by atoms with van der Waals surface area (Å²) in [4.78, 5) is 24.1. The van der Waals surface area contributed by atoms with Crippen LogP contribution in [-0.4, -0.2) is 41.6 Å². The lowest BCUT2D eigenvalue weighted by molar-refractivity contribution is -0.133. The van der Waals surface area contributed by atoms with Gasteiger partial charge in [-0.15, -0.1) is 0 Å². The second-order valence-corrected chi connectivity index (χ2v) is 5.57. The first-order valence-electron chi connectivity index (χ1n) is 6.41. The average Bonchev–Trinajstić information content (AvgIpc) is 2.42. The highest BCUT2D eigenvalue weighted by Gasteiger charge is 2.14. The van der Waals surface area contributed by atoms with Gasteiger partial charge in [-0.1, -0.05) is 12.1 Å². The number of hydrogen-bond donors (Lipinski definition) is 1. The molecule has 0 fully saturated rings. The van der Waals surface area contributed by atoms with E-state index in [1.54, 1.807) is 30.1 Å². The van der Waals surface area contributed by atoms with Gasteiger partial charge in [-0.2, -0.15) is 0 Å². The summed E-state index contributed by atoms with van der Waals surface area (Å²) in [6.07, 6.45) is 2.45. The molecule has 1 N–H and O–H groups in total. The van der Waals surface area contributed by atoms with Crippen molar-refractivity contribution in [2.75, 3.05) is 13.7 Å². The molecule has 1 aromatic rings.